The highest BCUT2D eigenvalue weighted by atomic mass is 32.1. The summed E-state index contributed by atoms with van der Waals surface area (Å²) >= 11 is 1.48. The summed E-state index contributed by atoms with van der Waals surface area (Å²) in [5.41, 5.74) is 0.770. The van der Waals surface area contributed by atoms with E-state index in [4.69, 9.17) is 4.74 Å². The Morgan fingerprint density at radius 1 is 1.61 bits per heavy atom. The molecule has 1 saturated heterocycles. The van der Waals surface area contributed by atoms with Gasteiger partial charge in [-0.3, -0.25) is 4.79 Å². The van der Waals surface area contributed by atoms with Crippen LogP contribution in [0.2, 0.25) is 0 Å². The van der Waals surface area contributed by atoms with Crippen molar-refractivity contribution in [3.63, 3.8) is 0 Å². The van der Waals surface area contributed by atoms with Crippen LogP contribution in [-0.4, -0.2) is 31.5 Å². The van der Waals surface area contributed by atoms with E-state index in [0.717, 1.165) is 36.1 Å². The fraction of sp³-hybridized carbons (Fsp3) is 0.692. The topological polar surface area (TPSA) is 42.4 Å². The number of aromatic nitrogens is 1. The van der Waals surface area contributed by atoms with Gasteiger partial charge in [0.25, 0.3) is 0 Å². The minimum atomic E-state index is 0.413. The van der Waals surface area contributed by atoms with Gasteiger partial charge in [0.15, 0.2) is 11.4 Å². The minimum Gasteiger partial charge on any atom is -0.378 e. The molecule has 1 aromatic rings. The van der Waals surface area contributed by atoms with Crippen LogP contribution in [0, 0.1) is 5.92 Å². The van der Waals surface area contributed by atoms with Crippen LogP contribution in [0.3, 0.4) is 0 Å². The van der Waals surface area contributed by atoms with Gasteiger partial charge in [0.05, 0.1) is 17.2 Å². The van der Waals surface area contributed by atoms with E-state index in [1.54, 1.807) is 7.11 Å². The second-order valence-corrected chi connectivity index (χ2v) is 5.76. The van der Waals surface area contributed by atoms with E-state index in [1.165, 1.54) is 30.6 Å². The van der Waals surface area contributed by atoms with E-state index in [-0.39, 0.29) is 0 Å². The number of rotatable bonds is 6. The van der Waals surface area contributed by atoms with Gasteiger partial charge < -0.3 is 9.64 Å². The highest BCUT2D eigenvalue weighted by Gasteiger charge is 2.25. The van der Waals surface area contributed by atoms with Crippen molar-refractivity contribution in [2.45, 2.75) is 32.8 Å². The summed E-state index contributed by atoms with van der Waals surface area (Å²) in [7, 11) is 1.63. The number of hydrogen-bond acceptors (Lipinski definition) is 5. The molecule has 1 fully saturated rings. The van der Waals surface area contributed by atoms with Gasteiger partial charge in [0.1, 0.15) is 0 Å². The average molecular weight is 268 g/mol. The zero-order valence-corrected chi connectivity index (χ0v) is 11.8. The molecule has 1 unspecified atom stereocenters. The van der Waals surface area contributed by atoms with E-state index in [9.17, 15) is 4.79 Å². The Balaban J connectivity index is 2.07. The summed E-state index contributed by atoms with van der Waals surface area (Å²) in [6, 6.07) is 0. The Bertz CT molecular complexity index is 406. The first-order valence-corrected chi connectivity index (χ1v) is 7.28. The van der Waals surface area contributed by atoms with Gasteiger partial charge in [-0.05, 0) is 18.8 Å². The molecule has 5 heteroatoms. The Morgan fingerprint density at radius 3 is 3.11 bits per heavy atom. The highest BCUT2D eigenvalue weighted by Crippen LogP contribution is 2.31. The van der Waals surface area contributed by atoms with Crippen molar-refractivity contribution in [2.75, 3.05) is 25.1 Å². The molecule has 0 bridgehead atoms. The Morgan fingerprint density at radius 2 is 2.44 bits per heavy atom. The second kappa shape index (κ2) is 6.29. The lowest BCUT2D eigenvalue weighted by molar-refractivity contribution is 0.112. The van der Waals surface area contributed by atoms with E-state index in [1.807, 2.05) is 0 Å². The third kappa shape index (κ3) is 2.90. The molecule has 18 heavy (non-hydrogen) atoms. The lowest BCUT2D eigenvalue weighted by atomic mass is 10.0. The normalized spacial score (nSPS) is 19.4. The zero-order chi connectivity index (χ0) is 13.0. The number of nitrogens with zero attached hydrogens (tertiary/aromatic N) is 2. The molecule has 0 radical (unpaired) electrons. The quantitative estimate of drug-likeness (QED) is 0.744. The van der Waals surface area contributed by atoms with Crippen LogP contribution in [0.1, 0.15) is 41.6 Å². The number of carbonyl (C=O) groups excluding carboxylic acids is 1. The molecule has 0 spiro atoms. The number of anilines is 1. The molecule has 0 amide bonds. The maximum absolute atomic E-state index is 11.0. The molecule has 2 rings (SSSR count). The smallest absolute Gasteiger partial charge is 0.186 e. The Kier molecular flexibility index (Phi) is 4.72. The van der Waals surface area contributed by atoms with Crippen molar-refractivity contribution in [2.24, 2.45) is 5.92 Å². The van der Waals surface area contributed by atoms with Gasteiger partial charge in [0, 0.05) is 20.2 Å². The molecule has 100 valence electrons. The number of methoxy groups -OCH3 is 1. The summed E-state index contributed by atoms with van der Waals surface area (Å²) in [6.45, 7) is 4.78. The van der Waals surface area contributed by atoms with Crippen molar-refractivity contribution in [1.82, 2.24) is 4.98 Å². The highest BCUT2D eigenvalue weighted by molar-refractivity contribution is 7.17. The summed E-state index contributed by atoms with van der Waals surface area (Å²) in [6.07, 6.45) is 4.65. The lowest BCUT2D eigenvalue weighted by Crippen LogP contribution is -2.19. The van der Waals surface area contributed by atoms with Crippen LogP contribution in [0.4, 0.5) is 5.13 Å². The van der Waals surface area contributed by atoms with Crippen molar-refractivity contribution < 1.29 is 9.53 Å². The standard InChI is InChI=1S/C13H20N2O2S/c1-3-4-10-5-6-15(7-10)13-14-11(9-17-2)12(8-16)18-13/h8,10H,3-7,9H2,1-2H3. The molecule has 0 aliphatic carbocycles. The van der Waals surface area contributed by atoms with Crippen LogP contribution < -0.4 is 4.90 Å². The first kappa shape index (κ1) is 13.5. The molecule has 1 aliphatic heterocycles. The molecule has 0 saturated carbocycles. The van der Waals surface area contributed by atoms with E-state index < -0.39 is 0 Å². The zero-order valence-electron chi connectivity index (χ0n) is 11.0. The van der Waals surface area contributed by atoms with Gasteiger partial charge in [0.2, 0.25) is 0 Å². The van der Waals surface area contributed by atoms with E-state index in [0.29, 0.717) is 11.5 Å². The SMILES string of the molecule is CCCC1CCN(c2nc(COC)c(C=O)s2)C1. The van der Waals surface area contributed by atoms with Gasteiger partial charge in [-0.2, -0.15) is 0 Å². The largest absolute Gasteiger partial charge is 0.378 e. The summed E-state index contributed by atoms with van der Waals surface area (Å²) in [4.78, 5) is 18.5. The lowest BCUT2D eigenvalue weighted by Gasteiger charge is -2.14. The monoisotopic (exact) mass is 268 g/mol. The Hall–Kier alpha value is -0.940. The number of hydrogen-bond donors (Lipinski definition) is 0. The summed E-state index contributed by atoms with van der Waals surface area (Å²) in [5.74, 6) is 0.782. The fourth-order valence-electron chi connectivity index (χ4n) is 2.47. The number of ether oxygens (including phenoxy) is 1. The van der Waals surface area contributed by atoms with Crippen molar-refractivity contribution >= 4 is 22.8 Å². The molecule has 0 aromatic carbocycles. The second-order valence-electron chi connectivity index (χ2n) is 4.75. The number of carbonyl (C=O) groups is 1. The summed E-state index contributed by atoms with van der Waals surface area (Å²) < 4.78 is 5.07. The molecular weight excluding hydrogens is 248 g/mol. The molecular formula is C13H20N2O2S. The minimum absolute atomic E-state index is 0.413. The van der Waals surface area contributed by atoms with Crippen molar-refractivity contribution in [3.05, 3.63) is 10.6 Å². The molecule has 0 N–H and O–H groups in total. The predicted octanol–water partition coefficient (Wildman–Crippen LogP) is 2.73. The Labute approximate surface area is 112 Å². The van der Waals surface area contributed by atoms with E-state index >= 15 is 0 Å². The van der Waals surface area contributed by atoms with Crippen LogP contribution in [0.25, 0.3) is 0 Å². The van der Waals surface area contributed by atoms with Crippen molar-refractivity contribution in [1.29, 1.82) is 0 Å². The first-order chi connectivity index (χ1) is 8.78. The van der Waals surface area contributed by atoms with E-state index in [2.05, 4.69) is 16.8 Å². The molecule has 2 heterocycles. The van der Waals surface area contributed by atoms with Gasteiger partial charge in [-0.15, -0.1) is 0 Å². The van der Waals surface area contributed by atoms with Crippen LogP contribution in [0.5, 0.6) is 0 Å². The predicted molar refractivity (Wildman–Crippen MR) is 73.4 cm³/mol. The van der Waals surface area contributed by atoms with Crippen LogP contribution in [-0.2, 0) is 11.3 Å². The average Bonchev–Trinajstić information content (AvgIpc) is 2.96. The molecule has 1 atom stereocenters. The number of aldehydes is 1. The van der Waals surface area contributed by atoms with Crippen molar-refractivity contribution in [3.8, 4) is 0 Å². The van der Waals surface area contributed by atoms with Gasteiger partial charge in [-0.1, -0.05) is 24.7 Å². The molecule has 1 aromatic heterocycles. The molecule has 1 aliphatic rings. The van der Waals surface area contributed by atoms with Gasteiger partial charge >= 0.3 is 0 Å². The summed E-state index contributed by atoms with van der Waals surface area (Å²) in [5, 5.41) is 0.975. The molecule has 4 nitrogen and oxygen atoms in total. The first-order valence-electron chi connectivity index (χ1n) is 6.47. The van der Waals surface area contributed by atoms with Gasteiger partial charge in [-0.25, -0.2) is 4.98 Å². The number of thiazole rings is 1. The van der Waals surface area contributed by atoms with Crippen LogP contribution in [0.15, 0.2) is 0 Å². The third-order valence-electron chi connectivity index (χ3n) is 3.36. The van der Waals surface area contributed by atoms with Crippen LogP contribution >= 0.6 is 11.3 Å². The maximum Gasteiger partial charge on any atom is 0.186 e. The third-order valence-corrected chi connectivity index (χ3v) is 4.44. The maximum atomic E-state index is 11.0. The fourth-order valence-corrected chi connectivity index (χ4v) is 3.39.